The number of nitrogen functional groups attached to an aromatic ring is 1. The van der Waals surface area contributed by atoms with E-state index >= 15 is 0 Å². The first kappa shape index (κ1) is 11.7. The SMILES string of the molecule is Cn1cc(SCc2cccnc2C(=N)N)cn1. The molecule has 17 heavy (non-hydrogen) atoms. The summed E-state index contributed by atoms with van der Waals surface area (Å²) >= 11 is 1.65. The van der Waals surface area contributed by atoms with E-state index in [0.717, 1.165) is 16.2 Å². The van der Waals surface area contributed by atoms with Gasteiger partial charge in [-0.3, -0.25) is 15.1 Å². The molecule has 88 valence electrons. The number of hydrogen-bond donors (Lipinski definition) is 2. The first-order chi connectivity index (χ1) is 8.16. The Kier molecular flexibility index (Phi) is 3.43. The molecule has 0 bridgehead atoms. The molecule has 2 aromatic heterocycles. The van der Waals surface area contributed by atoms with E-state index in [4.69, 9.17) is 11.1 Å². The van der Waals surface area contributed by atoms with Crippen LogP contribution in [0, 0.1) is 5.41 Å². The van der Waals surface area contributed by atoms with E-state index in [0.29, 0.717) is 5.69 Å². The van der Waals surface area contributed by atoms with Crippen LogP contribution in [0.25, 0.3) is 0 Å². The summed E-state index contributed by atoms with van der Waals surface area (Å²) in [6, 6.07) is 3.79. The third-order valence-corrected chi connectivity index (χ3v) is 3.22. The number of thioether (sulfide) groups is 1. The average molecular weight is 247 g/mol. The summed E-state index contributed by atoms with van der Waals surface area (Å²) in [6.07, 6.45) is 5.41. The van der Waals surface area contributed by atoms with E-state index in [1.807, 2.05) is 31.6 Å². The highest BCUT2D eigenvalue weighted by molar-refractivity contribution is 7.98. The van der Waals surface area contributed by atoms with E-state index < -0.39 is 0 Å². The maximum Gasteiger partial charge on any atom is 0.142 e. The van der Waals surface area contributed by atoms with Crippen LogP contribution in [0.1, 0.15) is 11.3 Å². The van der Waals surface area contributed by atoms with Crippen LogP contribution < -0.4 is 5.73 Å². The quantitative estimate of drug-likeness (QED) is 0.486. The zero-order valence-electron chi connectivity index (χ0n) is 9.42. The second-order valence-corrected chi connectivity index (χ2v) is 4.61. The molecular formula is C11H13N5S. The van der Waals surface area contributed by atoms with E-state index in [-0.39, 0.29) is 5.84 Å². The van der Waals surface area contributed by atoms with Crippen molar-refractivity contribution >= 4 is 17.6 Å². The molecule has 0 radical (unpaired) electrons. The Morgan fingerprint density at radius 2 is 2.41 bits per heavy atom. The fraction of sp³-hybridized carbons (Fsp3) is 0.182. The van der Waals surface area contributed by atoms with Gasteiger partial charge >= 0.3 is 0 Å². The Hall–Kier alpha value is -1.82. The van der Waals surface area contributed by atoms with Gasteiger partial charge < -0.3 is 5.73 Å². The van der Waals surface area contributed by atoms with Gasteiger partial charge in [0.05, 0.1) is 6.20 Å². The fourth-order valence-corrected chi connectivity index (χ4v) is 2.34. The Morgan fingerprint density at radius 3 is 3.06 bits per heavy atom. The van der Waals surface area contributed by atoms with Crippen molar-refractivity contribution in [2.75, 3.05) is 0 Å². The molecule has 2 heterocycles. The maximum absolute atomic E-state index is 7.45. The lowest BCUT2D eigenvalue weighted by Crippen LogP contribution is -2.15. The van der Waals surface area contributed by atoms with Gasteiger partial charge in [-0.05, 0) is 11.6 Å². The minimum atomic E-state index is 0.00684. The van der Waals surface area contributed by atoms with E-state index in [1.54, 1.807) is 22.6 Å². The Bertz CT molecular complexity index is 534. The molecule has 2 aromatic rings. The molecule has 0 aliphatic rings. The van der Waals surface area contributed by atoms with Gasteiger partial charge in [-0.25, -0.2) is 0 Å². The van der Waals surface area contributed by atoms with Gasteiger partial charge in [0.25, 0.3) is 0 Å². The van der Waals surface area contributed by atoms with Gasteiger partial charge in [-0.15, -0.1) is 11.8 Å². The zero-order valence-corrected chi connectivity index (χ0v) is 10.2. The molecule has 3 N–H and O–H groups in total. The minimum absolute atomic E-state index is 0.00684. The molecule has 0 aliphatic carbocycles. The fourth-order valence-electron chi connectivity index (χ4n) is 1.43. The molecule has 0 unspecified atom stereocenters. The number of pyridine rings is 1. The first-order valence-electron chi connectivity index (χ1n) is 5.06. The minimum Gasteiger partial charge on any atom is -0.382 e. The van der Waals surface area contributed by atoms with E-state index in [9.17, 15) is 0 Å². The van der Waals surface area contributed by atoms with Crippen molar-refractivity contribution < 1.29 is 0 Å². The zero-order chi connectivity index (χ0) is 12.3. The van der Waals surface area contributed by atoms with Crippen molar-refractivity contribution in [1.82, 2.24) is 14.8 Å². The monoisotopic (exact) mass is 247 g/mol. The van der Waals surface area contributed by atoms with E-state index in [1.165, 1.54) is 0 Å². The normalized spacial score (nSPS) is 10.4. The Morgan fingerprint density at radius 1 is 1.59 bits per heavy atom. The molecule has 0 fully saturated rings. The topological polar surface area (TPSA) is 80.6 Å². The predicted molar refractivity (Wildman–Crippen MR) is 68.0 cm³/mol. The van der Waals surface area contributed by atoms with Crippen LogP contribution in [0.2, 0.25) is 0 Å². The largest absolute Gasteiger partial charge is 0.382 e. The van der Waals surface area contributed by atoms with Crippen molar-refractivity contribution in [3.05, 3.63) is 42.0 Å². The van der Waals surface area contributed by atoms with Crippen LogP contribution in [0.4, 0.5) is 0 Å². The van der Waals surface area contributed by atoms with Gasteiger partial charge in [-0.2, -0.15) is 5.10 Å². The molecular weight excluding hydrogens is 234 g/mol. The van der Waals surface area contributed by atoms with Crippen LogP contribution in [0.15, 0.2) is 35.6 Å². The second kappa shape index (κ2) is 5.01. The molecule has 0 spiro atoms. The lowest BCUT2D eigenvalue weighted by molar-refractivity contribution is 0.766. The number of aromatic nitrogens is 3. The van der Waals surface area contributed by atoms with Gasteiger partial charge in [0.15, 0.2) is 0 Å². The van der Waals surface area contributed by atoms with Crippen molar-refractivity contribution in [3.63, 3.8) is 0 Å². The summed E-state index contributed by atoms with van der Waals surface area (Å²) < 4.78 is 1.76. The average Bonchev–Trinajstić information content (AvgIpc) is 2.73. The number of nitrogens with one attached hydrogen (secondary N) is 1. The van der Waals surface area contributed by atoms with Crippen LogP contribution in [-0.2, 0) is 12.8 Å². The predicted octanol–water partition coefficient (Wildman–Crippen LogP) is 1.39. The molecule has 0 atom stereocenters. The first-order valence-corrected chi connectivity index (χ1v) is 6.05. The highest BCUT2D eigenvalue weighted by atomic mass is 32.2. The van der Waals surface area contributed by atoms with Gasteiger partial charge in [0, 0.05) is 30.1 Å². The van der Waals surface area contributed by atoms with Crippen LogP contribution in [0.5, 0.6) is 0 Å². The summed E-state index contributed by atoms with van der Waals surface area (Å²) in [5, 5.41) is 11.6. The lowest BCUT2D eigenvalue weighted by atomic mass is 10.2. The molecule has 0 aromatic carbocycles. The molecule has 2 rings (SSSR count). The summed E-state index contributed by atoms with van der Waals surface area (Å²) in [4.78, 5) is 5.20. The second-order valence-electron chi connectivity index (χ2n) is 3.56. The van der Waals surface area contributed by atoms with Crippen LogP contribution in [0.3, 0.4) is 0 Å². The van der Waals surface area contributed by atoms with Crippen LogP contribution in [-0.4, -0.2) is 20.6 Å². The Labute approximate surface area is 104 Å². The molecule has 0 saturated heterocycles. The van der Waals surface area contributed by atoms with Crippen molar-refractivity contribution in [3.8, 4) is 0 Å². The Balaban J connectivity index is 2.11. The van der Waals surface area contributed by atoms with Crippen molar-refractivity contribution in [1.29, 1.82) is 5.41 Å². The maximum atomic E-state index is 7.45. The van der Waals surface area contributed by atoms with Crippen LogP contribution >= 0.6 is 11.8 Å². The number of amidine groups is 1. The van der Waals surface area contributed by atoms with Gasteiger partial charge in [0.2, 0.25) is 0 Å². The number of aryl methyl sites for hydroxylation is 1. The number of nitrogens with two attached hydrogens (primary N) is 1. The third-order valence-electron chi connectivity index (χ3n) is 2.22. The van der Waals surface area contributed by atoms with Gasteiger partial charge in [-0.1, -0.05) is 6.07 Å². The summed E-state index contributed by atoms with van der Waals surface area (Å²) in [6.45, 7) is 0. The summed E-state index contributed by atoms with van der Waals surface area (Å²) in [5.74, 6) is 0.737. The summed E-state index contributed by atoms with van der Waals surface area (Å²) in [7, 11) is 1.88. The molecule has 0 saturated carbocycles. The third kappa shape index (κ3) is 2.85. The van der Waals surface area contributed by atoms with Crippen molar-refractivity contribution in [2.24, 2.45) is 12.8 Å². The molecule has 0 aliphatic heterocycles. The highest BCUT2D eigenvalue weighted by Gasteiger charge is 2.07. The van der Waals surface area contributed by atoms with Crippen molar-refractivity contribution in [2.45, 2.75) is 10.6 Å². The number of hydrogen-bond acceptors (Lipinski definition) is 4. The number of rotatable bonds is 4. The van der Waals surface area contributed by atoms with Gasteiger partial charge in [0.1, 0.15) is 11.5 Å². The standard InChI is InChI=1S/C11H13N5S/c1-16-6-9(5-15-16)17-7-8-3-2-4-14-10(8)11(12)13/h2-6H,7H2,1H3,(H3,12,13). The molecule has 0 amide bonds. The highest BCUT2D eigenvalue weighted by Crippen LogP contribution is 2.22. The molecule has 5 nitrogen and oxygen atoms in total. The number of nitrogens with zero attached hydrogens (tertiary/aromatic N) is 3. The van der Waals surface area contributed by atoms with E-state index in [2.05, 4.69) is 10.1 Å². The molecule has 6 heteroatoms. The smallest absolute Gasteiger partial charge is 0.142 e. The summed E-state index contributed by atoms with van der Waals surface area (Å²) in [5.41, 5.74) is 7.01. The lowest BCUT2D eigenvalue weighted by Gasteiger charge is -2.05.